The number of nitrogens with one attached hydrogen (secondary N) is 1. The van der Waals surface area contributed by atoms with Crippen molar-refractivity contribution in [3.63, 3.8) is 0 Å². The van der Waals surface area contributed by atoms with Gasteiger partial charge < -0.3 is 19.7 Å². The highest BCUT2D eigenvalue weighted by Gasteiger charge is 2.32. The fourth-order valence-electron chi connectivity index (χ4n) is 6.11. The Morgan fingerprint density at radius 3 is 2.38 bits per heavy atom. The zero-order chi connectivity index (χ0) is 31.8. The van der Waals surface area contributed by atoms with E-state index in [0.717, 1.165) is 48.6 Å². The third-order valence-electron chi connectivity index (χ3n) is 8.62. The van der Waals surface area contributed by atoms with Crippen molar-refractivity contribution in [1.29, 1.82) is 0 Å². The van der Waals surface area contributed by atoms with E-state index in [2.05, 4.69) is 5.32 Å². The SMILES string of the molecule is Cc1ccccc1CN(C(=O)CCCN(c1ccc2c(c1)OCO2)S(C)(=O)=O)[C@@H](Cc1ccccc1)C(=O)NC1CCCCC1. The summed E-state index contributed by atoms with van der Waals surface area (Å²) in [4.78, 5) is 29.9. The minimum atomic E-state index is -3.65. The molecule has 3 aromatic rings. The maximum Gasteiger partial charge on any atom is 0.243 e. The molecule has 1 saturated carbocycles. The van der Waals surface area contributed by atoms with Gasteiger partial charge in [0.2, 0.25) is 28.6 Å². The van der Waals surface area contributed by atoms with E-state index in [-0.39, 0.29) is 50.6 Å². The molecular weight excluding hydrogens is 590 g/mol. The number of rotatable bonds is 13. The van der Waals surface area contributed by atoms with Crippen molar-refractivity contribution in [2.45, 2.75) is 76.9 Å². The lowest BCUT2D eigenvalue weighted by Gasteiger charge is -2.34. The van der Waals surface area contributed by atoms with Crippen LogP contribution in [0.1, 0.15) is 61.6 Å². The average molecular weight is 634 g/mol. The highest BCUT2D eigenvalue weighted by atomic mass is 32.2. The molecule has 0 spiro atoms. The maximum absolute atomic E-state index is 14.1. The summed E-state index contributed by atoms with van der Waals surface area (Å²) in [6, 6.07) is 22.0. The number of carbonyl (C=O) groups excluding carboxylic acids is 2. The van der Waals surface area contributed by atoms with Crippen molar-refractivity contribution in [3.05, 3.63) is 89.5 Å². The quantitative estimate of drug-likeness (QED) is 0.272. The van der Waals surface area contributed by atoms with Crippen molar-refractivity contribution < 1.29 is 27.5 Å². The summed E-state index contributed by atoms with van der Waals surface area (Å²) in [5.74, 6) is 0.697. The van der Waals surface area contributed by atoms with Crippen molar-refractivity contribution >= 4 is 27.5 Å². The molecule has 2 aliphatic rings. The molecule has 240 valence electrons. The number of carbonyl (C=O) groups is 2. The van der Waals surface area contributed by atoms with Gasteiger partial charge >= 0.3 is 0 Å². The van der Waals surface area contributed by atoms with E-state index < -0.39 is 16.1 Å². The number of hydrogen-bond donors (Lipinski definition) is 1. The molecule has 2 amide bonds. The number of aryl methyl sites for hydroxylation is 1. The second kappa shape index (κ2) is 14.8. The summed E-state index contributed by atoms with van der Waals surface area (Å²) >= 11 is 0. The van der Waals surface area contributed by atoms with E-state index in [1.165, 1.54) is 10.7 Å². The summed E-state index contributed by atoms with van der Waals surface area (Å²) in [5, 5.41) is 3.27. The van der Waals surface area contributed by atoms with Crippen LogP contribution >= 0.6 is 0 Å². The first-order valence-electron chi connectivity index (χ1n) is 15.7. The second-order valence-corrected chi connectivity index (χ2v) is 13.9. The molecule has 0 radical (unpaired) electrons. The summed E-state index contributed by atoms with van der Waals surface area (Å²) in [7, 11) is -3.65. The first kappa shape index (κ1) is 32.3. The number of benzene rings is 3. The Morgan fingerprint density at radius 2 is 1.64 bits per heavy atom. The highest BCUT2D eigenvalue weighted by Crippen LogP contribution is 2.36. The molecule has 1 fully saturated rings. The molecule has 1 heterocycles. The molecule has 1 aliphatic heterocycles. The standard InChI is InChI=1S/C35H43N3O6S/c1-26-12-9-10-15-28(26)24-37(31(22-27-13-5-3-6-14-27)35(40)36-29-16-7-4-8-17-29)34(39)18-11-21-38(45(2,41)42)30-19-20-32-33(23-30)44-25-43-32/h3,5-6,9-10,12-15,19-20,23,29,31H,4,7-8,11,16-18,21-22,24-25H2,1-2H3,(H,36,40)/t31-/m0/s1. The molecular formula is C35H43N3O6S. The highest BCUT2D eigenvalue weighted by molar-refractivity contribution is 7.92. The molecule has 1 atom stereocenters. The Bertz CT molecular complexity index is 1570. The van der Waals surface area contributed by atoms with Gasteiger partial charge in [-0.05, 0) is 55.0 Å². The smallest absolute Gasteiger partial charge is 0.243 e. The summed E-state index contributed by atoms with van der Waals surface area (Å²) in [6.07, 6.45) is 7.10. The van der Waals surface area contributed by atoms with E-state index in [9.17, 15) is 18.0 Å². The fourth-order valence-corrected chi connectivity index (χ4v) is 7.07. The van der Waals surface area contributed by atoms with E-state index >= 15 is 0 Å². The van der Waals surface area contributed by atoms with Crippen molar-refractivity contribution in [2.24, 2.45) is 0 Å². The van der Waals surface area contributed by atoms with Crippen LogP contribution in [0.4, 0.5) is 5.69 Å². The van der Waals surface area contributed by atoms with Crippen LogP contribution in [0.15, 0.2) is 72.8 Å². The number of ether oxygens (including phenoxy) is 2. The molecule has 1 N–H and O–H groups in total. The summed E-state index contributed by atoms with van der Waals surface area (Å²) < 4.78 is 37.7. The lowest BCUT2D eigenvalue weighted by Crippen LogP contribution is -2.53. The number of anilines is 1. The third kappa shape index (κ3) is 8.57. The van der Waals surface area contributed by atoms with E-state index in [1.807, 2.05) is 61.5 Å². The van der Waals surface area contributed by atoms with Crippen LogP contribution in [-0.2, 0) is 32.6 Å². The molecule has 0 unspecified atom stereocenters. The fraction of sp³-hybridized carbons (Fsp3) is 0.429. The van der Waals surface area contributed by atoms with Gasteiger partial charge in [0, 0.05) is 38.0 Å². The van der Waals surface area contributed by atoms with Crippen LogP contribution in [0.2, 0.25) is 0 Å². The number of sulfonamides is 1. The Kier molecular flexibility index (Phi) is 10.7. The van der Waals surface area contributed by atoms with Gasteiger partial charge in [-0.25, -0.2) is 8.42 Å². The van der Waals surface area contributed by atoms with Crippen LogP contribution in [0.3, 0.4) is 0 Å². The van der Waals surface area contributed by atoms with Gasteiger partial charge in [-0.15, -0.1) is 0 Å². The topological polar surface area (TPSA) is 105 Å². The van der Waals surface area contributed by atoms with Gasteiger partial charge in [0.05, 0.1) is 11.9 Å². The largest absolute Gasteiger partial charge is 0.454 e. The second-order valence-electron chi connectivity index (χ2n) is 12.0. The van der Waals surface area contributed by atoms with Crippen LogP contribution in [0.5, 0.6) is 11.5 Å². The van der Waals surface area contributed by atoms with E-state index in [4.69, 9.17) is 9.47 Å². The maximum atomic E-state index is 14.1. The van der Waals surface area contributed by atoms with Crippen LogP contribution < -0.4 is 19.1 Å². The first-order valence-corrected chi connectivity index (χ1v) is 17.6. The number of nitrogens with zero attached hydrogens (tertiary/aromatic N) is 2. The van der Waals surface area contributed by atoms with Crippen molar-refractivity contribution in [3.8, 4) is 11.5 Å². The molecule has 0 saturated heterocycles. The minimum absolute atomic E-state index is 0.0739. The Labute approximate surface area is 266 Å². The number of fused-ring (bicyclic) bond motifs is 1. The Hall–Kier alpha value is -4.05. The van der Waals surface area contributed by atoms with Gasteiger partial charge in [0.25, 0.3) is 0 Å². The third-order valence-corrected chi connectivity index (χ3v) is 9.81. The molecule has 45 heavy (non-hydrogen) atoms. The monoisotopic (exact) mass is 633 g/mol. The molecule has 5 rings (SSSR count). The van der Waals surface area contributed by atoms with Gasteiger partial charge in [-0.1, -0.05) is 73.9 Å². The lowest BCUT2D eigenvalue weighted by atomic mass is 9.94. The van der Waals surface area contributed by atoms with Crippen molar-refractivity contribution in [1.82, 2.24) is 10.2 Å². The molecule has 0 bridgehead atoms. The average Bonchev–Trinajstić information content (AvgIpc) is 3.50. The molecule has 3 aromatic carbocycles. The zero-order valence-corrected chi connectivity index (χ0v) is 26.9. The van der Waals surface area contributed by atoms with E-state index in [0.29, 0.717) is 23.6 Å². The van der Waals surface area contributed by atoms with Crippen molar-refractivity contribution in [2.75, 3.05) is 23.9 Å². The Balaban J connectivity index is 1.38. The van der Waals surface area contributed by atoms with Gasteiger partial charge in [0.1, 0.15) is 6.04 Å². The van der Waals surface area contributed by atoms with Crippen LogP contribution in [0.25, 0.3) is 0 Å². The molecule has 10 heteroatoms. The van der Waals surface area contributed by atoms with Gasteiger partial charge in [0.15, 0.2) is 11.5 Å². The summed E-state index contributed by atoms with van der Waals surface area (Å²) in [6.45, 7) is 2.46. The van der Waals surface area contributed by atoms with E-state index in [1.54, 1.807) is 23.1 Å². The van der Waals surface area contributed by atoms with Gasteiger partial charge in [-0.3, -0.25) is 13.9 Å². The summed E-state index contributed by atoms with van der Waals surface area (Å²) in [5.41, 5.74) is 3.41. The predicted octanol–water partition coefficient (Wildman–Crippen LogP) is 5.36. The normalized spacial score (nSPS) is 15.3. The van der Waals surface area contributed by atoms with Crippen LogP contribution in [-0.4, -0.2) is 56.8 Å². The predicted molar refractivity (Wildman–Crippen MR) is 175 cm³/mol. The minimum Gasteiger partial charge on any atom is -0.454 e. The Morgan fingerprint density at radius 1 is 0.933 bits per heavy atom. The zero-order valence-electron chi connectivity index (χ0n) is 26.1. The first-order chi connectivity index (χ1) is 21.7. The van der Waals surface area contributed by atoms with Crippen LogP contribution in [0, 0.1) is 6.92 Å². The van der Waals surface area contributed by atoms with Gasteiger partial charge in [-0.2, -0.15) is 0 Å². The molecule has 9 nitrogen and oxygen atoms in total. The molecule has 1 aliphatic carbocycles. The number of amides is 2. The lowest BCUT2D eigenvalue weighted by molar-refractivity contribution is -0.141. The molecule has 0 aromatic heterocycles. The number of hydrogen-bond acceptors (Lipinski definition) is 6.